The summed E-state index contributed by atoms with van der Waals surface area (Å²) in [6, 6.07) is 10.9. The molecule has 1 amide bonds. The van der Waals surface area contributed by atoms with Crippen LogP contribution in [0, 0.1) is 5.82 Å². The van der Waals surface area contributed by atoms with E-state index in [1.165, 1.54) is 16.4 Å². The Morgan fingerprint density at radius 2 is 1.73 bits per heavy atom. The zero-order chi connectivity index (χ0) is 18.3. The molecule has 0 aromatic heterocycles. The predicted molar refractivity (Wildman–Crippen MR) is 96.2 cm³/mol. The number of halogens is 1. The number of hydrogen-bond acceptors (Lipinski definition) is 3. The molecule has 0 bridgehead atoms. The summed E-state index contributed by atoms with van der Waals surface area (Å²) >= 11 is 0. The standard InChI is InChI=1S/C19H19FN2O3S/c20-17-13-15(7-8-16(17)19(23)21-10-3-4-11-21)26(24,25)22-12-9-14-5-1-2-6-18(14)22/h1-2,5-8,13H,3-4,9-12H2. The molecule has 0 N–H and O–H groups in total. The Labute approximate surface area is 152 Å². The molecule has 26 heavy (non-hydrogen) atoms. The maximum atomic E-state index is 14.5. The van der Waals surface area contributed by atoms with E-state index in [2.05, 4.69) is 0 Å². The number of hydrogen-bond donors (Lipinski definition) is 0. The fourth-order valence-electron chi connectivity index (χ4n) is 3.61. The minimum atomic E-state index is -3.87. The molecule has 2 heterocycles. The average molecular weight is 374 g/mol. The maximum Gasteiger partial charge on any atom is 0.264 e. The molecule has 2 aliphatic rings. The summed E-state index contributed by atoms with van der Waals surface area (Å²) < 4.78 is 41.7. The first kappa shape index (κ1) is 17.0. The Hall–Kier alpha value is -2.41. The number of likely N-dealkylation sites (tertiary alicyclic amines) is 1. The molecular weight excluding hydrogens is 355 g/mol. The first-order valence-corrected chi connectivity index (χ1v) is 10.1. The van der Waals surface area contributed by atoms with Gasteiger partial charge in [-0.05, 0) is 49.1 Å². The summed E-state index contributed by atoms with van der Waals surface area (Å²) in [6.45, 7) is 1.56. The molecule has 0 spiro atoms. The van der Waals surface area contributed by atoms with Gasteiger partial charge in [0.25, 0.3) is 15.9 Å². The highest BCUT2D eigenvalue weighted by Crippen LogP contribution is 2.33. The number of carbonyl (C=O) groups is 1. The molecule has 7 heteroatoms. The summed E-state index contributed by atoms with van der Waals surface area (Å²) in [5.74, 6) is -1.18. The highest BCUT2D eigenvalue weighted by molar-refractivity contribution is 7.92. The molecule has 1 fully saturated rings. The van der Waals surface area contributed by atoms with E-state index in [4.69, 9.17) is 0 Å². The third-order valence-electron chi connectivity index (χ3n) is 5.00. The van der Waals surface area contributed by atoms with Crippen LogP contribution < -0.4 is 4.31 Å². The SMILES string of the molecule is O=C(c1ccc(S(=O)(=O)N2CCc3ccccc32)cc1F)N1CCCC1. The van der Waals surface area contributed by atoms with Gasteiger partial charge in [-0.2, -0.15) is 0 Å². The van der Waals surface area contributed by atoms with E-state index in [0.29, 0.717) is 31.7 Å². The Balaban J connectivity index is 1.66. The van der Waals surface area contributed by atoms with Crippen molar-refractivity contribution in [3.8, 4) is 0 Å². The molecule has 0 radical (unpaired) electrons. The Morgan fingerprint density at radius 3 is 2.46 bits per heavy atom. The van der Waals surface area contributed by atoms with Crippen LogP contribution in [-0.2, 0) is 16.4 Å². The van der Waals surface area contributed by atoms with Crippen LogP contribution in [0.4, 0.5) is 10.1 Å². The van der Waals surface area contributed by atoms with Crippen LogP contribution in [0.15, 0.2) is 47.4 Å². The van der Waals surface area contributed by atoms with Crippen molar-refractivity contribution in [1.29, 1.82) is 0 Å². The average Bonchev–Trinajstić information content (AvgIpc) is 3.31. The fourth-order valence-corrected chi connectivity index (χ4v) is 5.12. The van der Waals surface area contributed by atoms with E-state index in [-0.39, 0.29) is 16.4 Å². The molecule has 5 nitrogen and oxygen atoms in total. The number of amides is 1. The summed E-state index contributed by atoms with van der Waals surface area (Å²) in [4.78, 5) is 13.8. The second kappa shape index (κ2) is 6.39. The third-order valence-corrected chi connectivity index (χ3v) is 6.81. The zero-order valence-corrected chi connectivity index (χ0v) is 15.0. The van der Waals surface area contributed by atoms with E-state index in [9.17, 15) is 17.6 Å². The van der Waals surface area contributed by atoms with Crippen molar-refractivity contribution < 1.29 is 17.6 Å². The monoisotopic (exact) mass is 374 g/mol. The van der Waals surface area contributed by atoms with Crippen LogP contribution in [0.2, 0.25) is 0 Å². The van der Waals surface area contributed by atoms with E-state index in [0.717, 1.165) is 24.5 Å². The second-order valence-electron chi connectivity index (χ2n) is 6.60. The van der Waals surface area contributed by atoms with Crippen molar-refractivity contribution in [2.45, 2.75) is 24.2 Å². The lowest BCUT2D eigenvalue weighted by Gasteiger charge is -2.20. The van der Waals surface area contributed by atoms with Crippen molar-refractivity contribution in [2.75, 3.05) is 23.9 Å². The lowest BCUT2D eigenvalue weighted by Crippen LogP contribution is -2.30. The minimum absolute atomic E-state index is 0.0762. The highest BCUT2D eigenvalue weighted by atomic mass is 32.2. The summed E-state index contributed by atoms with van der Waals surface area (Å²) in [6.07, 6.45) is 2.45. The molecule has 136 valence electrons. The van der Waals surface area contributed by atoms with Gasteiger partial charge < -0.3 is 4.90 Å². The number of benzene rings is 2. The third kappa shape index (κ3) is 2.76. The molecule has 2 aromatic rings. The Morgan fingerprint density at radius 1 is 1.00 bits per heavy atom. The molecule has 4 rings (SSSR count). The van der Waals surface area contributed by atoms with Crippen LogP contribution in [0.5, 0.6) is 0 Å². The number of para-hydroxylation sites is 1. The van der Waals surface area contributed by atoms with Crippen LogP contribution in [0.25, 0.3) is 0 Å². The van der Waals surface area contributed by atoms with Crippen molar-refractivity contribution in [2.24, 2.45) is 0 Å². The molecule has 2 aliphatic heterocycles. The van der Waals surface area contributed by atoms with Gasteiger partial charge in [0.05, 0.1) is 16.1 Å². The van der Waals surface area contributed by atoms with E-state index < -0.39 is 15.8 Å². The predicted octanol–water partition coefficient (Wildman–Crippen LogP) is 2.81. The van der Waals surface area contributed by atoms with Gasteiger partial charge in [-0.3, -0.25) is 9.10 Å². The topological polar surface area (TPSA) is 57.7 Å². The van der Waals surface area contributed by atoms with E-state index >= 15 is 0 Å². The highest BCUT2D eigenvalue weighted by Gasteiger charge is 2.32. The molecule has 0 unspecified atom stereocenters. The zero-order valence-electron chi connectivity index (χ0n) is 14.2. The van der Waals surface area contributed by atoms with Gasteiger partial charge >= 0.3 is 0 Å². The van der Waals surface area contributed by atoms with Crippen molar-refractivity contribution in [3.05, 3.63) is 59.4 Å². The summed E-state index contributed by atoms with van der Waals surface area (Å²) in [5, 5.41) is 0. The number of nitrogens with zero attached hydrogens (tertiary/aromatic N) is 2. The molecule has 0 aliphatic carbocycles. The normalized spacial score (nSPS) is 16.8. The number of fused-ring (bicyclic) bond motifs is 1. The van der Waals surface area contributed by atoms with Gasteiger partial charge in [-0.25, -0.2) is 12.8 Å². The van der Waals surface area contributed by atoms with Gasteiger partial charge in [-0.1, -0.05) is 18.2 Å². The number of anilines is 1. The van der Waals surface area contributed by atoms with Crippen molar-refractivity contribution >= 4 is 21.6 Å². The van der Waals surface area contributed by atoms with Gasteiger partial charge in [0, 0.05) is 19.6 Å². The van der Waals surface area contributed by atoms with Crippen molar-refractivity contribution in [3.63, 3.8) is 0 Å². The van der Waals surface area contributed by atoms with E-state index in [1.807, 2.05) is 12.1 Å². The lowest BCUT2D eigenvalue weighted by atomic mass is 10.2. The van der Waals surface area contributed by atoms with Gasteiger partial charge in [0.2, 0.25) is 0 Å². The van der Waals surface area contributed by atoms with Crippen molar-refractivity contribution in [1.82, 2.24) is 4.90 Å². The lowest BCUT2D eigenvalue weighted by molar-refractivity contribution is 0.0788. The first-order chi connectivity index (χ1) is 12.5. The quantitative estimate of drug-likeness (QED) is 0.830. The molecule has 1 saturated heterocycles. The summed E-state index contributed by atoms with van der Waals surface area (Å²) in [5.41, 5.74) is 1.51. The van der Waals surface area contributed by atoms with Gasteiger partial charge in [0.15, 0.2) is 0 Å². The smallest absolute Gasteiger partial charge is 0.264 e. The Bertz CT molecular complexity index is 968. The second-order valence-corrected chi connectivity index (χ2v) is 8.46. The molecule has 0 saturated carbocycles. The van der Waals surface area contributed by atoms with E-state index in [1.54, 1.807) is 17.0 Å². The Kier molecular flexibility index (Phi) is 4.19. The largest absolute Gasteiger partial charge is 0.339 e. The number of sulfonamides is 1. The van der Waals surface area contributed by atoms with Gasteiger partial charge in [-0.15, -0.1) is 0 Å². The minimum Gasteiger partial charge on any atom is -0.339 e. The number of carbonyl (C=O) groups excluding carboxylic acids is 1. The molecule has 0 atom stereocenters. The fraction of sp³-hybridized carbons (Fsp3) is 0.316. The van der Waals surface area contributed by atoms with Crippen LogP contribution in [0.3, 0.4) is 0 Å². The first-order valence-electron chi connectivity index (χ1n) is 8.68. The van der Waals surface area contributed by atoms with Crippen LogP contribution in [-0.4, -0.2) is 38.9 Å². The molecular formula is C19H19FN2O3S. The van der Waals surface area contributed by atoms with Gasteiger partial charge in [0.1, 0.15) is 5.82 Å². The summed E-state index contributed by atoms with van der Waals surface area (Å²) in [7, 11) is -3.87. The van der Waals surface area contributed by atoms with Crippen LogP contribution >= 0.6 is 0 Å². The van der Waals surface area contributed by atoms with Crippen LogP contribution in [0.1, 0.15) is 28.8 Å². The maximum absolute atomic E-state index is 14.5. The number of rotatable bonds is 3. The molecule has 2 aromatic carbocycles.